The Morgan fingerprint density at radius 3 is 2.44 bits per heavy atom. The summed E-state index contributed by atoms with van der Waals surface area (Å²) in [6.07, 6.45) is 1.25. The molecule has 3 aromatic carbocycles. The molecule has 0 fully saturated rings. The van der Waals surface area contributed by atoms with E-state index in [1.165, 1.54) is 30.6 Å². The van der Waals surface area contributed by atoms with E-state index in [4.69, 9.17) is 5.73 Å². The van der Waals surface area contributed by atoms with Crippen molar-refractivity contribution < 1.29 is 27.2 Å². The lowest BCUT2D eigenvalue weighted by molar-refractivity contribution is 0.0834. The standard InChI is InChI=1S/C25H19F4N5O2/c1-13(33-23-18-7-3-6-17(22(30)35)21(18)31-12-32-23)14-4-2-5-16(10-14)34(25(28)29)24(36)19-11-15(26)8-9-20(19)27/h2-13,25H,1H3,(H2,30,35)(H,31,32,33)/t13-/m1/s1. The number of nitrogens with one attached hydrogen (secondary N) is 1. The van der Waals surface area contributed by atoms with Gasteiger partial charge in [-0.15, -0.1) is 0 Å². The Bertz CT molecular complexity index is 1460. The minimum atomic E-state index is -3.32. The molecule has 4 aromatic rings. The smallest absolute Gasteiger partial charge is 0.321 e. The van der Waals surface area contributed by atoms with Crippen LogP contribution in [0.3, 0.4) is 0 Å². The molecular formula is C25H19F4N5O2. The van der Waals surface area contributed by atoms with Gasteiger partial charge in [0.15, 0.2) is 0 Å². The first-order chi connectivity index (χ1) is 17.2. The number of rotatable bonds is 7. The number of carbonyl (C=O) groups is 2. The molecule has 4 rings (SSSR count). The van der Waals surface area contributed by atoms with Crippen LogP contribution in [0.1, 0.15) is 39.2 Å². The van der Waals surface area contributed by atoms with Crippen molar-refractivity contribution in [2.24, 2.45) is 5.73 Å². The second-order valence-corrected chi connectivity index (χ2v) is 7.83. The number of halogens is 4. The number of hydrogen-bond acceptors (Lipinski definition) is 5. The van der Waals surface area contributed by atoms with E-state index < -0.39 is 41.6 Å². The Kier molecular flexibility index (Phi) is 6.82. The van der Waals surface area contributed by atoms with Gasteiger partial charge in [0.25, 0.3) is 11.8 Å². The third-order valence-corrected chi connectivity index (χ3v) is 5.50. The van der Waals surface area contributed by atoms with Crippen molar-refractivity contribution in [3.05, 3.63) is 95.3 Å². The summed E-state index contributed by atoms with van der Waals surface area (Å²) in [5, 5.41) is 3.65. The van der Waals surface area contributed by atoms with Gasteiger partial charge in [-0.1, -0.05) is 18.2 Å². The summed E-state index contributed by atoms with van der Waals surface area (Å²) in [7, 11) is 0. The van der Waals surface area contributed by atoms with E-state index in [0.29, 0.717) is 34.4 Å². The highest BCUT2D eigenvalue weighted by molar-refractivity contribution is 6.07. The molecular weight excluding hydrogens is 478 g/mol. The van der Waals surface area contributed by atoms with Crippen molar-refractivity contribution in [3.63, 3.8) is 0 Å². The van der Waals surface area contributed by atoms with Crippen LogP contribution < -0.4 is 16.0 Å². The van der Waals surface area contributed by atoms with Gasteiger partial charge in [0.05, 0.1) is 22.7 Å². The van der Waals surface area contributed by atoms with Crippen LogP contribution in [0.2, 0.25) is 0 Å². The number of nitrogens with two attached hydrogens (primary N) is 1. The minimum Gasteiger partial charge on any atom is -0.366 e. The number of benzene rings is 3. The fraction of sp³-hybridized carbons (Fsp3) is 0.120. The zero-order valence-corrected chi connectivity index (χ0v) is 18.8. The first-order valence-corrected chi connectivity index (χ1v) is 10.6. The predicted octanol–water partition coefficient (Wildman–Crippen LogP) is 5.05. The molecule has 184 valence electrons. The third-order valence-electron chi connectivity index (χ3n) is 5.50. The molecule has 1 atom stereocenters. The second-order valence-electron chi connectivity index (χ2n) is 7.83. The first-order valence-electron chi connectivity index (χ1n) is 10.6. The highest BCUT2D eigenvalue weighted by atomic mass is 19.3. The van der Waals surface area contributed by atoms with Gasteiger partial charge >= 0.3 is 6.55 Å². The van der Waals surface area contributed by atoms with E-state index in [0.717, 1.165) is 6.07 Å². The quantitative estimate of drug-likeness (QED) is 0.275. The number of aromatic nitrogens is 2. The molecule has 11 heteroatoms. The molecule has 0 radical (unpaired) electrons. The minimum absolute atomic E-state index is 0.0906. The van der Waals surface area contributed by atoms with E-state index >= 15 is 0 Å². The SMILES string of the molecule is C[C@@H](Nc1ncnc2c(C(N)=O)cccc12)c1cccc(N(C(=O)c2cc(F)ccc2F)C(F)F)c1. The predicted molar refractivity (Wildman–Crippen MR) is 126 cm³/mol. The van der Waals surface area contributed by atoms with Gasteiger partial charge in [-0.2, -0.15) is 8.78 Å². The van der Waals surface area contributed by atoms with E-state index in [-0.39, 0.29) is 16.2 Å². The van der Waals surface area contributed by atoms with Gasteiger partial charge in [0, 0.05) is 11.1 Å². The van der Waals surface area contributed by atoms with Gasteiger partial charge < -0.3 is 11.1 Å². The van der Waals surface area contributed by atoms with Gasteiger partial charge in [0.1, 0.15) is 23.8 Å². The van der Waals surface area contributed by atoms with E-state index in [1.54, 1.807) is 25.1 Å². The van der Waals surface area contributed by atoms with Crippen molar-refractivity contribution in [3.8, 4) is 0 Å². The number of fused-ring (bicyclic) bond motifs is 1. The molecule has 36 heavy (non-hydrogen) atoms. The highest BCUT2D eigenvalue weighted by Crippen LogP contribution is 2.29. The van der Waals surface area contributed by atoms with Crippen LogP contribution in [0.4, 0.5) is 29.1 Å². The van der Waals surface area contributed by atoms with Gasteiger partial charge in [0.2, 0.25) is 0 Å². The van der Waals surface area contributed by atoms with Crippen molar-refractivity contribution in [2.75, 3.05) is 10.2 Å². The Hall–Kier alpha value is -4.54. The average molecular weight is 497 g/mol. The van der Waals surface area contributed by atoms with E-state index in [9.17, 15) is 27.2 Å². The number of carbonyl (C=O) groups excluding carboxylic acids is 2. The Morgan fingerprint density at radius 2 is 1.72 bits per heavy atom. The normalized spacial score (nSPS) is 11.9. The summed E-state index contributed by atoms with van der Waals surface area (Å²) in [6, 6.07) is 12.1. The van der Waals surface area contributed by atoms with Crippen molar-refractivity contribution >= 4 is 34.2 Å². The molecule has 7 nitrogen and oxygen atoms in total. The van der Waals surface area contributed by atoms with Gasteiger partial charge in [-0.25, -0.2) is 18.7 Å². The summed E-state index contributed by atoms with van der Waals surface area (Å²) in [6.45, 7) is -1.59. The van der Waals surface area contributed by atoms with Gasteiger partial charge in [-0.05, 0) is 55.0 Å². The molecule has 0 aliphatic rings. The topological polar surface area (TPSA) is 101 Å². The molecule has 0 bridgehead atoms. The zero-order valence-electron chi connectivity index (χ0n) is 18.8. The van der Waals surface area contributed by atoms with Crippen molar-refractivity contribution in [1.82, 2.24) is 9.97 Å². The maximum Gasteiger partial charge on any atom is 0.321 e. The fourth-order valence-corrected chi connectivity index (χ4v) is 3.74. The van der Waals surface area contributed by atoms with Crippen LogP contribution in [0.15, 0.2) is 67.0 Å². The van der Waals surface area contributed by atoms with E-state index in [2.05, 4.69) is 15.3 Å². The molecule has 0 saturated carbocycles. The van der Waals surface area contributed by atoms with Crippen LogP contribution in [-0.2, 0) is 0 Å². The molecule has 0 aliphatic heterocycles. The molecule has 2 amide bonds. The number of anilines is 2. The molecule has 0 spiro atoms. The van der Waals surface area contributed by atoms with Crippen LogP contribution in [-0.4, -0.2) is 28.3 Å². The summed E-state index contributed by atoms with van der Waals surface area (Å²) >= 11 is 0. The Balaban J connectivity index is 1.67. The number of primary amides is 1. The summed E-state index contributed by atoms with van der Waals surface area (Å²) in [5.41, 5.74) is 5.43. The Morgan fingerprint density at radius 1 is 0.972 bits per heavy atom. The number of para-hydroxylation sites is 1. The largest absolute Gasteiger partial charge is 0.366 e. The fourth-order valence-electron chi connectivity index (χ4n) is 3.74. The molecule has 0 saturated heterocycles. The monoisotopic (exact) mass is 497 g/mol. The zero-order chi connectivity index (χ0) is 26.0. The maximum absolute atomic E-state index is 14.1. The van der Waals surface area contributed by atoms with Crippen molar-refractivity contribution in [2.45, 2.75) is 19.5 Å². The number of hydrogen-bond donors (Lipinski definition) is 2. The summed E-state index contributed by atoms with van der Waals surface area (Å²) in [5.74, 6) is -3.73. The van der Waals surface area contributed by atoms with Gasteiger partial charge in [-0.3, -0.25) is 14.5 Å². The third kappa shape index (κ3) is 4.81. The maximum atomic E-state index is 14.1. The van der Waals surface area contributed by atoms with Crippen LogP contribution in [0.5, 0.6) is 0 Å². The van der Waals surface area contributed by atoms with Crippen LogP contribution in [0, 0.1) is 11.6 Å². The molecule has 3 N–H and O–H groups in total. The summed E-state index contributed by atoms with van der Waals surface area (Å²) in [4.78, 5) is 32.9. The molecule has 1 heterocycles. The summed E-state index contributed by atoms with van der Waals surface area (Å²) < 4.78 is 55.5. The number of nitrogens with zero attached hydrogens (tertiary/aromatic N) is 3. The Labute approximate surface area is 202 Å². The second kappa shape index (κ2) is 9.98. The average Bonchev–Trinajstić information content (AvgIpc) is 2.85. The van der Waals surface area contributed by atoms with E-state index in [1.807, 2.05) is 0 Å². The lowest BCUT2D eigenvalue weighted by atomic mass is 10.1. The lowest BCUT2D eigenvalue weighted by Gasteiger charge is -2.24. The number of amides is 2. The molecule has 0 unspecified atom stereocenters. The lowest BCUT2D eigenvalue weighted by Crippen LogP contribution is -2.36. The van der Waals surface area contributed by atoms with Crippen LogP contribution >= 0.6 is 0 Å². The van der Waals surface area contributed by atoms with Crippen LogP contribution in [0.25, 0.3) is 10.9 Å². The molecule has 1 aromatic heterocycles. The first kappa shape index (κ1) is 24.6. The highest BCUT2D eigenvalue weighted by Gasteiger charge is 2.29. The van der Waals surface area contributed by atoms with Crippen molar-refractivity contribution in [1.29, 1.82) is 0 Å². The molecule has 0 aliphatic carbocycles. The number of alkyl halides is 2.